The quantitative estimate of drug-likeness (QED) is 0.846. The molecule has 1 saturated heterocycles. The number of rotatable bonds is 3. The molecule has 1 aromatic rings. The summed E-state index contributed by atoms with van der Waals surface area (Å²) in [5, 5.41) is 0. The molecule has 2 rings (SSSR count). The lowest BCUT2D eigenvalue weighted by molar-refractivity contribution is -0.149. The van der Waals surface area contributed by atoms with Crippen molar-refractivity contribution in [3.63, 3.8) is 0 Å². The Morgan fingerprint density at radius 2 is 1.80 bits per heavy atom. The van der Waals surface area contributed by atoms with E-state index in [2.05, 4.69) is 26.0 Å². The van der Waals surface area contributed by atoms with Gasteiger partial charge in [-0.1, -0.05) is 37.3 Å². The molecule has 1 atom stereocenters. The summed E-state index contributed by atoms with van der Waals surface area (Å²) in [5.41, 5.74) is 0.348. The standard InChI is InChI=1S/C17H25NO2/c1-6-15(19)18-14(12-13-10-8-7-9-11-13)16(2,3)20-17(18,4)5/h7-11,14H,6,12H2,1-5H3/t14-/m0/s1. The molecule has 1 amide bonds. The van der Waals surface area contributed by atoms with Crippen LogP contribution in [0.5, 0.6) is 0 Å². The summed E-state index contributed by atoms with van der Waals surface area (Å²) < 4.78 is 6.16. The van der Waals surface area contributed by atoms with E-state index in [9.17, 15) is 4.79 Å². The number of carbonyl (C=O) groups is 1. The lowest BCUT2D eigenvalue weighted by Crippen LogP contribution is -2.50. The molecule has 1 aliphatic rings. The van der Waals surface area contributed by atoms with Crippen LogP contribution in [0.4, 0.5) is 0 Å². The highest BCUT2D eigenvalue weighted by Crippen LogP contribution is 2.40. The third-order valence-corrected chi connectivity index (χ3v) is 4.05. The molecular weight excluding hydrogens is 250 g/mol. The van der Waals surface area contributed by atoms with Gasteiger partial charge in [0.2, 0.25) is 5.91 Å². The molecule has 1 aliphatic heterocycles. The molecule has 0 aliphatic carbocycles. The molecule has 0 bridgehead atoms. The van der Waals surface area contributed by atoms with Crippen LogP contribution in [0.3, 0.4) is 0 Å². The molecule has 1 heterocycles. The first kappa shape index (κ1) is 15.0. The van der Waals surface area contributed by atoms with E-state index in [1.54, 1.807) is 0 Å². The molecule has 0 radical (unpaired) electrons. The predicted octanol–water partition coefficient (Wildman–Crippen LogP) is 3.38. The van der Waals surface area contributed by atoms with Gasteiger partial charge >= 0.3 is 0 Å². The highest BCUT2D eigenvalue weighted by atomic mass is 16.6. The smallest absolute Gasteiger partial charge is 0.224 e. The Morgan fingerprint density at radius 1 is 1.20 bits per heavy atom. The molecule has 0 unspecified atom stereocenters. The van der Waals surface area contributed by atoms with Crippen molar-refractivity contribution in [3.05, 3.63) is 35.9 Å². The maximum absolute atomic E-state index is 12.4. The van der Waals surface area contributed by atoms with Crippen molar-refractivity contribution in [3.8, 4) is 0 Å². The normalized spacial score (nSPS) is 23.9. The summed E-state index contributed by atoms with van der Waals surface area (Å²) in [6.07, 6.45) is 1.33. The van der Waals surface area contributed by atoms with Crippen LogP contribution in [-0.4, -0.2) is 28.2 Å². The number of carbonyl (C=O) groups excluding carboxylic acids is 1. The second-order valence-electron chi connectivity index (χ2n) is 6.48. The maximum Gasteiger partial charge on any atom is 0.224 e. The van der Waals surface area contributed by atoms with Crippen molar-refractivity contribution in [2.24, 2.45) is 0 Å². The van der Waals surface area contributed by atoms with E-state index < -0.39 is 5.72 Å². The first-order chi connectivity index (χ1) is 9.28. The number of ether oxygens (including phenoxy) is 1. The van der Waals surface area contributed by atoms with Crippen LogP contribution in [-0.2, 0) is 16.0 Å². The second-order valence-corrected chi connectivity index (χ2v) is 6.48. The van der Waals surface area contributed by atoms with Crippen molar-refractivity contribution in [1.29, 1.82) is 0 Å². The Balaban J connectivity index is 2.33. The Labute approximate surface area is 121 Å². The minimum absolute atomic E-state index is 0.0624. The lowest BCUT2D eigenvalue weighted by atomic mass is 9.91. The van der Waals surface area contributed by atoms with Crippen LogP contribution in [0.2, 0.25) is 0 Å². The largest absolute Gasteiger partial charge is 0.348 e. The van der Waals surface area contributed by atoms with E-state index in [0.717, 1.165) is 6.42 Å². The minimum Gasteiger partial charge on any atom is -0.348 e. The summed E-state index contributed by atoms with van der Waals surface area (Å²) in [5.74, 6) is 0.154. The number of benzene rings is 1. The summed E-state index contributed by atoms with van der Waals surface area (Å²) in [6, 6.07) is 10.4. The SMILES string of the molecule is CCC(=O)N1[C@@H](Cc2ccccc2)C(C)(C)OC1(C)C. The van der Waals surface area contributed by atoms with Crippen LogP contribution in [0.25, 0.3) is 0 Å². The second kappa shape index (κ2) is 5.21. The summed E-state index contributed by atoms with van der Waals surface area (Å²) in [7, 11) is 0. The summed E-state index contributed by atoms with van der Waals surface area (Å²) in [6.45, 7) is 10.0. The molecular formula is C17H25NO2. The molecule has 3 nitrogen and oxygen atoms in total. The molecule has 0 aromatic heterocycles. The number of hydrogen-bond donors (Lipinski definition) is 0. The molecule has 0 saturated carbocycles. The summed E-state index contributed by atoms with van der Waals surface area (Å²) in [4.78, 5) is 14.3. The maximum atomic E-state index is 12.4. The van der Waals surface area contributed by atoms with Crippen molar-refractivity contribution >= 4 is 5.91 Å². The van der Waals surface area contributed by atoms with Gasteiger partial charge < -0.3 is 9.64 Å². The fourth-order valence-corrected chi connectivity index (χ4v) is 3.27. The van der Waals surface area contributed by atoms with Crippen LogP contribution < -0.4 is 0 Å². The molecule has 1 aromatic carbocycles. The molecule has 3 heteroatoms. The topological polar surface area (TPSA) is 29.5 Å². The predicted molar refractivity (Wildman–Crippen MR) is 80.3 cm³/mol. The van der Waals surface area contributed by atoms with Crippen molar-refractivity contribution in [2.45, 2.75) is 64.8 Å². The highest BCUT2D eigenvalue weighted by Gasteiger charge is 2.53. The van der Waals surface area contributed by atoms with Gasteiger partial charge in [-0.25, -0.2) is 0 Å². The van der Waals surface area contributed by atoms with E-state index in [1.165, 1.54) is 5.56 Å². The Kier molecular flexibility index (Phi) is 3.92. The zero-order valence-corrected chi connectivity index (χ0v) is 13.1. The van der Waals surface area contributed by atoms with E-state index in [-0.39, 0.29) is 17.6 Å². The fourth-order valence-electron chi connectivity index (χ4n) is 3.27. The van der Waals surface area contributed by atoms with E-state index in [1.807, 2.05) is 43.9 Å². The molecule has 0 N–H and O–H groups in total. The van der Waals surface area contributed by atoms with E-state index >= 15 is 0 Å². The van der Waals surface area contributed by atoms with Gasteiger partial charge in [-0.05, 0) is 39.7 Å². The Bertz CT molecular complexity index is 479. The van der Waals surface area contributed by atoms with Gasteiger partial charge in [0.15, 0.2) is 0 Å². The zero-order chi connectivity index (χ0) is 15.0. The molecule has 110 valence electrons. The highest BCUT2D eigenvalue weighted by molar-refractivity contribution is 5.77. The van der Waals surface area contributed by atoms with Gasteiger partial charge in [0.05, 0.1) is 11.6 Å². The lowest BCUT2D eigenvalue weighted by Gasteiger charge is -2.34. The third-order valence-electron chi connectivity index (χ3n) is 4.05. The van der Waals surface area contributed by atoms with Gasteiger partial charge in [0, 0.05) is 6.42 Å². The number of amides is 1. The van der Waals surface area contributed by atoms with Crippen LogP contribution >= 0.6 is 0 Å². The molecule has 0 spiro atoms. The van der Waals surface area contributed by atoms with E-state index in [4.69, 9.17) is 4.74 Å². The number of nitrogens with zero attached hydrogens (tertiary/aromatic N) is 1. The molecule has 1 fully saturated rings. The van der Waals surface area contributed by atoms with Gasteiger partial charge in [-0.15, -0.1) is 0 Å². The van der Waals surface area contributed by atoms with Gasteiger partial charge in [-0.2, -0.15) is 0 Å². The fraction of sp³-hybridized carbons (Fsp3) is 0.588. The average molecular weight is 275 g/mol. The van der Waals surface area contributed by atoms with Crippen molar-refractivity contribution in [1.82, 2.24) is 4.90 Å². The van der Waals surface area contributed by atoms with Crippen molar-refractivity contribution < 1.29 is 9.53 Å². The Morgan fingerprint density at radius 3 is 2.35 bits per heavy atom. The minimum atomic E-state index is -0.546. The van der Waals surface area contributed by atoms with Crippen molar-refractivity contribution in [2.75, 3.05) is 0 Å². The van der Waals surface area contributed by atoms with E-state index in [0.29, 0.717) is 6.42 Å². The van der Waals surface area contributed by atoms with Crippen LogP contribution in [0.15, 0.2) is 30.3 Å². The van der Waals surface area contributed by atoms with Crippen LogP contribution in [0.1, 0.15) is 46.6 Å². The average Bonchev–Trinajstić information content (AvgIpc) is 2.55. The third kappa shape index (κ3) is 2.73. The Hall–Kier alpha value is -1.35. The monoisotopic (exact) mass is 275 g/mol. The van der Waals surface area contributed by atoms with Gasteiger partial charge in [0.1, 0.15) is 5.72 Å². The zero-order valence-electron chi connectivity index (χ0n) is 13.1. The number of hydrogen-bond acceptors (Lipinski definition) is 2. The van der Waals surface area contributed by atoms with Gasteiger partial charge in [0.25, 0.3) is 0 Å². The first-order valence-corrected chi connectivity index (χ1v) is 7.34. The molecule has 20 heavy (non-hydrogen) atoms. The summed E-state index contributed by atoms with van der Waals surface area (Å²) >= 11 is 0. The first-order valence-electron chi connectivity index (χ1n) is 7.34. The van der Waals surface area contributed by atoms with Gasteiger partial charge in [-0.3, -0.25) is 4.79 Å². The van der Waals surface area contributed by atoms with Crippen LogP contribution in [0, 0.1) is 0 Å².